The van der Waals surface area contributed by atoms with Crippen LogP contribution in [0.1, 0.15) is 24.4 Å². The molecule has 42 heavy (non-hydrogen) atoms. The molecule has 1 aromatic heterocycles. The van der Waals surface area contributed by atoms with Crippen LogP contribution in [0.4, 0.5) is 0 Å². The van der Waals surface area contributed by atoms with Gasteiger partial charge in [0.25, 0.3) is 5.56 Å². The lowest BCUT2D eigenvalue weighted by Crippen LogP contribution is -2.41. The number of carbonyl (C=O) groups is 1. The van der Waals surface area contributed by atoms with E-state index in [1.165, 1.54) is 0 Å². The first-order chi connectivity index (χ1) is 20.4. The summed E-state index contributed by atoms with van der Waals surface area (Å²) in [7, 11) is 5.57. The first-order valence-electron chi connectivity index (χ1n) is 14.1. The maximum absolute atomic E-state index is 14.0. The molecule has 5 aromatic rings. The average molecular weight is 561 g/mol. The molecule has 4 aromatic carbocycles. The van der Waals surface area contributed by atoms with Crippen molar-refractivity contribution in [2.75, 3.05) is 34.3 Å². The van der Waals surface area contributed by atoms with Gasteiger partial charge in [-0.1, -0.05) is 66.7 Å². The SMILES string of the molecule is COc1ccc(-n2c(C(C)N(CCN(C)C)C(=O)Cc3ccc(-c4ccccc4)cc3)nc3ccccc3c2=O)cc1. The van der Waals surface area contributed by atoms with Crippen LogP contribution in [0, 0.1) is 0 Å². The van der Waals surface area contributed by atoms with Crippen molar-refractivity contribution < 1.29 is 9.53 Å². The first-order valence-corrected chi connectivity index (χ1v) is 14.1. The lowest BCUT2D eigenvalue weighted by atomic mass is 10.0. The number of aromatic nitrogens is 2. The summed E-state index contributed by atoms with van der Waals surface area (Å²) in [5.41, 5.74) is 4.26. The van der Waals surface area contributed by atoms with E-state index in [2.05, 4.69) is 24.3 Å². The Morgan fingerprint density at radius 3 is 2.14 bits per heavy atom. The van der Waals surface area contributed by atoms with Crippen molar-refractivity contribution in [2.24, 2.45) is 0 Å². The van der Waals surface area contributed by atoms with Gasteiger partial charge >= 0.3 is 0 Å². The minimum Gasteiger partial charge on any atom is -0.497 e. The van der Waals surface area contributed by atoms with Crippen LogP contribution in [-0.4, -0.2) is 59.6 Å². The van der Waals surface area contributed by atoms with E-state index in [9.17, 15) is 9.59 Å². The highest BCUT2D eigenvalue weighted by Gasteiger charge is 2.27. The molecule has 1 atom stereocenters. The molecule has 7 nitrogen and oxygen atoms in total. The zero-order chi connectivity index (χ0) is 29.6. The van der Waals surface area contributed by atoms with Gasteiger partial charge in [-0.25, -0.2) is 4.98 Å². The maximum atomic E-state index is 14.0. The van der Waals surface area contributed by atoms with E-state index in [1.54, 1.807) is 17.7 Å². The van der Waals surface area contributed by atoms with Crippen LogP contribution in [0.5, 0.6) is 5.75 Å². The molecule has 0 saturated carbocycles. The molecular formula is C35H36N4O3. The molecule has 214 valence electrons. The summed E-state index contributed by atoms with van der Waals surface area (Å²) in [6.07, 6.45) is 0.243. The molecule has 0 saturated heterocycles. The van der Waals surface area contributed by atoms with Crippen LogP contribution in [0.25, 0.3) is 27.7 Å². The topological polar surface area (TPSA) is 67.7 Å². The van der Waals surface area contributed by atoms with Crippen molar-refractivity contribution >= 4 is 16.8 Å². The number of hydrogen-bond acceptors (Lipinski definition) is 5. The number of fused-ring (bicyclic) bond motifs is 1. The molecule has 1 amide bonds. The van der Waals surface area contributed by atoms with E-state index in [0.717, 1.165) is 16.7 Å². The number of hydrogen-bond donors (Lipinski definition) is 0. The van der Waals surface area contributed by atoms with Crippen LogP contribution < -0.4 is 10.3 Å². The van der Waals surface area contributed by atoms with Crippen molar-refractivity contribution in [3.63, 3.8) is 0 Å². The summed E-state index contributed by atoms with van der Waals surface area (Å²) < 4.78 is 6.96. The number of rotatable bonds is 10. The van der Waals surface area contributed by atoms with Gasteiger partial charge in [-0.15, -0.1) is 0 Å². The van der Waals surface area contributed by atoms with Crippen LogP contribution in [0.3, 0.4) is 0 Å². The van der Waals surface area contributed by atoms with E-state index in [4.69, 9.17) is 9.72 Å². The van der Waals surface area contributed by atoms with Crippen molar-refractivity contribution in [1.82, 2.24) is 19.4 Å². The van der Waals surface area contributed by atoms with Gasteiger partial charge in [0, 0.05) is 13.1 Å². The summed E-state index contributed by atoms with van der Waals surface area (Å²) >= 11 is 0. The third kappa shape index (κ3) is 6.26. The number of methoxy groups -OCH3 is 1. The Balaban J connectivity index is 1.52. The largest absolute Gasteiger partial charge is 0.497 e. The fourth-order valence-electron chi connectivity index (χ4n) is 5.11. The van der Waals surface area contributed by atoms with Crippen LogP contribution in [0.15, 0.2) is 108 Å². The number of nitrogens with zero attached hydrogens (tertiary/aromatic N) is 4. The molecule has 0 aliphatic carbocycles. The van der Waals surface area contributed by atoms with E-state index < -0.39 is 6.04 Å². The van der Waals surface area contributed by atoms with Gasteiger partial charge in [0.05, 0.1) is 36.2 Å². The second-order valence-electron chi connectivity index (χ2n) is 10.6. The minimum absolute atomic E-state index is 0.0273. The molecule has 0 radical (unpaired) electrons. The zero-order valence-electron chi connectivity index (χ0n) is 24.5. The average Bonchev–Trinajstić information content (AvgIpc) is 3.02. The summed E-state index contributed by atoms with van der Waals surface area (Å²) in [4.78, 5) is 36.7. The summed E-state index contributed by atoms with van der Waals surface area (Å²) in [5, 5.41) is 0.522. The van der Waals surface area contributed by atoms with Crippen molar-refractivity contribution in [3.8, 4) is 22.6 Å². The molecule has 0 aliphatic heterocycles. The van der Waals surface area contributed by atoms with E-state index in [1.807, 2.05) is 104 Å². The third-order valence-electron chi connectivity index (χ3n) is 7.50. The predicted molar refractivity (Wildman–Crippen MR) is 168 cm³/mol. The number of ether oxygens (including phenoxy) is 1. The fraction of sp³-hybridized carbons (Fsp3) is 0.229. The van der Waals surface area contributed by atoms with E-state index in [0.29, 0.717) is 41.3 Å². The fourth-order valence-corrected chi connectivity index (χ4v) is 5.11. The smallest absolute Gasteiger partial charge is 0.266 e. The number of amides is 1. The van der Waals surface area contributed by atoms with Gasteiger partial charge < -0.3 is 14.5 Å². The van der Waals surface area contributed by atoms with Crippen molar-refractivity contribution in [2.45, 2.75) is 19.4 Å². The number of benzene rings is 4. The Labute approximate surface area is 246 Å². The highest BCUT2D eigenvalue weighted by atomic mass is 16.5. The van der Waals surface area contributed by atoms with Crippen molar-refractivity contribution in [3.05, 3.63) is 125 Å². The molecule has 5 rings (SSSR count). The van der Waals surface area contributed by atoms with Gasteiger partial charge in [0.15, 0.2) is 0 Å². The lowest BCUT2D eigenvalue weighted by molar-refractivity contribution is -0.133. The number of likely N-dealkylation sites (N-methyl/N-ethyl adjacent to an activating group) is 1. The van der Waals surface area contributed by atoms with Gasteiger partial charge in [-0.05, 0) is 74.1 Å². The Bertz CT molecular complexity index is 1710. The van der Waals surface area contributed by atoms with Gasteiger partial charge in [-0.3, -0.25) is 14.2 Å². The molecular weight excluding hydrogens is 524 g/mol. The highest BCUT2D eigenvalue weighted by molar-refractivity contribution is 5.80. The van der Waals surface area contributed by atoms with Crippen LogP contribution in [-0.2, 0) is 11.2 Å². The van der Waals surface area contributed by atoms with Gasteiger partial charge in [0.2, 0.25) is 5.91 Å². The molecule has 7 heteroatoms. The Kier molecular flexibility index (Phi) is 8.79. The van der Waals surface area contributed by atoms with Crippen molar-refractivity contribution in [1.29, 1.82) is 0 Å². The second-order valence-corrected chi connectivity index (χ2v) is 10.6. The first kappa shape index (κ1) is 28.8. The third-order valence-corrected chi connectivity index (χ3v) is 7.50. The highest BCUT2D eigenvalue weighted by Crippen LogP contribution is 2.25. The van der Waals surface area contributed by atoms with E-state index in [-0.39, 0.29) is 17.9 Å². The quantitative estimate of drug-likeness (QED) is 0.217. The maximum Gasteiger partial charge on any atom is 0.266 e. The Morgan fingerprint density at radius 2 is 1.48 bits per heavy atom. The number of para-hydroxylation sites is 1. The predicted octanol–water partition coefficient (Wildman–Crippen LogP) is 5.76. The molecule has 1 unspecified atom stereocenters. The summed E-state index contributed by atoms with van der Waals surface area (Å²) in [6.45, 7) is 3.10. The lowest BCUT2D eigenvalue weighted by Gasteiger charge is -2.31. The minimum atomic E-state index is -0.472. The molecule has 0 spiro atoms. The van der Waals surface area contributed by atoms with Crippen LogP contribution in [0.2, 0.25) is 0 Å². The Morgan fingerprint density at radius 1 is 0.833 bits per heavy atom. The molecule has 0 fully saturated rings. The Hall–Kier alpha value is -4.75. The molecule has 0 bridgehead atoms. The number of carbonyl (C=O) groups excluding carboxylic acids is 1. The van der Waals surface area contributed by atoms with E-state index >= 15 is 0 Å². The molecule has 0 aliphatic rings. The van der Waals surface area contributed by atoms with Gasteiger partial charge in [0.1, 0.15) is 11.6 Å². The normalized spacial score (nSPS) is 11.9. The summed E-state index contributed by atoms with van der Waals surface area (Å²) in [6, 6.07) is 32.5. The molecule has 0 N–H and O–H groups in total. The van der Waals surface area contributed by atoms with Crippen LogP contribution >= 0.6 is 0 Å². The summed E-state index contributed by atoms with van der Waals surface area (Å²) in [5.74, 6) is 1.17. The second kappa shape index (κ2) is 12.8. The zero-order valence-corrected chi connectivity index (χ0v) is 24.5. The standard InChI is InChI=1S/C35H36N4O3/c1-25(34-36-32-13-9-8-12-31(32)35(41)39(34)29-18-20-30(42-4)21-19-29)38(23-22-37(2)3)33(40)24-26-14-16-28(17-15-26)27-10-6-5-7-11-27/h5-21,25H,22-24H2,1-4H3. The van der Waals surface area contributed by atoms with Gasteiger partial charge in [-0.2, -0.15) is 0 Å². The molecule has 1 heterocycles. The monoisotopic (exact) mass is 560 g/mol.